The number of aromatic nitrogens is 2. The molecule has 0 bridgehead atoms. The van der Waals surface area contributed by atoms with E-state index in [1.54, 1.807) is 0 Å². The Morgan fingerprint density at radius 3 is 2.70 bits per heavy atom. The molecular weight excluding hydrogens is 356 g/mol. The average Bonchev–Trinajstić information content (AvgIpc) is 2.98. The van der Waals surface area contributed by atoms with Crippen LogP contribution < -0.4 is 9.47 Å². The summed E-state index contributed by atoms with van der Waals surface area (Å²) < 4.78 is 12.4. The SMILES string of the molecule is CCCOc1c(Br)cc(-c2nc3ccccc3[nH]2)cc1OCC. The second-order valence-electron chi connectivity index (χ2n) is 5.17. The first-order valence-corrected chi connectivity index (χ1v) is 8.56. The summed E-state index contributed by atoms with van der Waals surface area (Å²) in [6.07, 6.45) is 0.948. The first-order chi connectivity index (χ1) is 11.2. The van der Waals surface area contributed by atoms with Gasteiger partial charge in [0.05, 0.1) is 28.7 Å². The fourth-order valence-corrected chi connectivity index (χ4v) is 2.96. The third-order valence-electron chi connectivity index (χ3n) is 3.42. The zero-order valence-corrected chi connectivity index (χ0v) is 14.8. The van der Waals surface area contributed by atoms with Gasteiger partial charge in [-0.3, -0.25) is 0 Å². The number of hydrogen-bond acceptors (Lipinski definition) is 3. The Morgan fingerprint density at radius 1 is 1.13 bits per heavy atom. The molecule has 1 aromatic heterocycles. The molecule has 4 nitrogen and oxygen atoms in total. The topological polar surface area (TPSA) is 47.1 Å². The molecular formula is C18H19BrN2O2. The fraction of sp³-hybridized carbons (Fsp3) is 0.278. The van der Waals surface area contributed by atoms with Crippen LogP contribution in [0, 0.1) is 0 Å². The van der Waals surface area contributed by atoms with Gasteiger partial charge in [-0.2, -0.15) is 0 Å². The number of aromatic amines is 1. The molecule has 0 aliphatic heterocycles. The smallest absolute Gasteiger partial charge is 0.175 e. The van der Waals surface area contributed by atoms with Crippen molar-refractivity contribution in [3.63, 3.8) is 0 Å². The van der Waals surface area contributed by atoms with Crippen LogP contribution in [0.5, 0.6) is 11.5 Å². The minimum Gasteiger partial charge on any atom is -0.490 e. The zero-order valence-electron chi connectivity index (χ0n) is 13.2. The van der Waals surface area contributed by atoms with Crippen molar-refractivity contribution in [1.29, 1.82) is 0 Å². The van der Waals surface area contributed by atoms with Crippen LogP contribution in [0.4, 0.5) is 0 Å². The second kappa shape index (κ2) is 7.04. The predicted octanol–water partition coefficient (Wildman–Crippen LogP) is 5.18. The maximum atomic E-state index is 5.82. The summed E-state index contributed by atoms with van der Waals surface area (Å²) in [4.78, 5) is 7.99. The fourth-order valence-electron chi connectivity index (χ4n) is 2.40. The van der Waals surface area contributed by atoms with Crippen LogP contribution in [0.15, 0.2) is 40.9 Å². The van der Waals surface area contributed by atoms with E-state index in [9.17, 15) is 0 Å². The van der Waals surface area contributed by atoms with Crippen molar-refractivity contribution in [1.82, 2.24) is 9.97 Å². The van der Waals surface area contributed by atoms with Crippen LogP contribution in [0.2, 0.25) is 0 Å². The van der Waals surface area contributed by atoms with Crippen LogP contribution in [0.3, 0.4) is 0 Å². The number of nitrogens with one attached hydrogen (secondary N) is 1. The van der Waals surface area contributed by atoms with Crippen LogP contribution in [0.1, 0.15) is 20.3 Å². The van der Waals surface area contributed by atoms with Gasteiger partial charge < -0.3 is 14.5 Å². The van der Waals surface area contributed by atoms with Crippen molar-refractivity contribution >= 4 is 27.0 Å². The van der Waals surface area contributed by atoms with Crippen molar-refractivity contribution < 1.29 is 9.47 Å². The quantitative estimate of drug-likeness (QED) is 0.646. The summed E-state index contributed by atoms with van der Waals surface area (Å²) in [5, 5.41) is 0. The molecule has 0 radical (unpaired) electrons. The van der Waals surface area contributed by atoms with Gasteiger partial charge in [0.1, 0.15) is 5.82 Å². The van der Waals surface area contributed by atoms with Gasteiger partial charge >= 0.3 is 0 Å². The highest BCUT2D eigenvalue weighted by Gasteiger charge is 2.15. The molecule has 3 aromatic rings. The number of halogens is 1. The second-order valence-corrected chi connectivity index (χ2v) is 6.02. The lowest BCUT2D eigenvalue weighted by atomic mass is 10.2. The Kier molecular flexibility index (Phi) is 4.86. The van der Waals surface area contributed by atoms with Crippen LogP contribution in [-0.2, 0) is 0 Å². The van der Waals surface area contributed by atoms with E-state index < -0.39 is 0 Å². The Hall–Kier alpha value is -2.01. The predicted molar refractivity (Wildman–Crippen MR) is 96.2 cm³/mol. The molecule has 120 valence electrons. The molecule has 3 rings (SSSR count). The highest BCUT2D eigenvalue weighted by atomic mass is 79.9. The molecule has 0 saturated heterocycles. The summed E-state index contributed by atoms with van der Waals surface area (Å²) in [5.74, 6) is 2.29. The van der Waals surface area contributed by atoms with Crippen LogP contribution in [-0.4, -0.2) is 23.2 Å². The minimum absolute atomic E-state index is 0.582. The molecule has 0 unspecified atom stereocenters. The van der Waals surface area contributed by atoms with E-state index in [4.69, 9.17) is 9.47 Å². The molecule has 5 heteroatoms. The lowest BCUT2D eigenvalue weighted by molar-refractivity contribution is 0.275. The van der Waals surface area contributed by atoms with Crippen molar-refractivity contribution in [2.24, 2.45) is 0 Å². The summed E-state index contributed by atoms with van der Waals surface area (Å²) in [7, 11) is 0. The van der Waals surface area contributed by atoms with Gasteiger partial charge in [-0.15, -0.1) is 0 Å². The molecule has 2 aromatic carbocycles. The van der Waals surface area contributed by atoms with E-state index in [-0.39, 0.29) is 0 Å². The number of benzene rings is 2. The van der Waals surface area contributed by atoms with Gasteiger partial charge in [-0.05, 0) is 53.5 Å². The standard InChI is InChI=1S/C18H19BrN2O2/c1-3-9-23-17-13(19)10-12(11-16(17)22-4-2)18-20-14-7-5-6-8-15(14)21-18/h5-8,10-11H,3-4,9H2,1-2H3,(H,20,21). The van der Waals surface area contributed by atoms with Gasteiger partial charge in [-0.1, -0.05) is 19.1 Å². The average molecular weight is 375 g/mol. The molecule has 1 heterocycles. The Morgan fingerprint density at radius 2 is 1.96 bits per heavy atom. The zero-order chi connectivity index (χ0) is 16.2. The van der Waals surface area contributed by atoms with Gasteiger partial charge in [0, 0.05) is 5.56 Å². The number of H-pyrrole nitrogens is 1. The Bertz CT molecular complexity index is 781. The van der Waals surface area contributed by atoms with Crippen molar-refractivity contribution in [3.8, 4) is 22.9 Å². The number of ether oxygens (including phenoxy) is 2. The minimum atomic E-state index is 0.582. The van der Waals surface area contributed by atoms with Crippen LogP contribution >= 0.6 is 15.9 Å². The van der Waals surface area contributed by atoms with E-state index in [1.165, 1.54) is 0 Å². The molecule has 0 aliphatic carbocycles. The normalized spacial score (nSPS) is 10.9. The lowest BCUT2D eigenvalue weighted by Crippen LogP contribution is -2.01. The van der Waals surface area contributed by atoms with E-state index in [0.29, 0.717) is 13.2 Å². The van der Waals surface area contributed by atoms with Crippen molar-refractivity contribution in [2.45, 2.75) is 20.3 Å². The largest absolute Gasteiger partial charge is 0.490 e. The number of para-hydroxylation sites is 2. The van der Waals surface area contributed by atoms with E-state index in [2.05, 4.69) is 32.8 Å². The number of nitrogens with zero attached hydrogens (tertiary/aromatic N) is 1. The number of hydrogen-bond donors (Lipinski definition) is 1. The van der Waals surface area contributed by atoms with Crippen molar-refractivity contribution in [2.75, 3.05) is 13.2 Å². The molecule has 0 fully saturated rings. The molecule has 23 heavy (non-hydrogen) atoms. The maximum absolute atomic E-state index is 5.82. The molecule has 0 atom stereocenters. The highest BCUT2D eigenvalue weighted by molar-refractivity contribution is 9.10. The number of fused-ring (bicyclic) bond motifs is 1. The summed E-state index contributed by atoms with van der Waals surface area (Å²) in [6, 6.07) is 12.0. The maximum Gasteiger partial charge on any atom is 0.175 e. The third kappa shape index (κ3) is 3.34. The van der Waals surface area contributed by atoms with E-state index in [0.717, 1.165) is 44.8 Å². The van der Waals surface area contributed by atoms with E-state index >= 15 is 0 Å². The Labute approximate surface area is 144 Å². The monoisotopic (exact) mass is 374 g/mol. The first-order valence-electron chi connectivity index (χ1n) is 7.77. The third-order valence-corrected chi connectivity index (χ3v) is 4.01. The van der Waals surface area contributed by atoms with Gasteiger partial charge in [-0.25, -0.2) is 4.98 Å². The summed E-state index contributed by atoms with van der Waals surface area (Å²) in [5.41, 5.74) is 2.92. The highest BCUT2D eigenvalue weighted by Crippen LogP contribution is 2.39. The van der Waals surface area contributed by atoms with Crippen molar-refractivity contribution in [3.05, 3.63) is 40.9 Å². The van der Waals surface area contributed by atoms with Gasteiger partial charge in [0.25, 0.3) is 0 Å². The first kappa shape index (κ1) is 15.9. The molecule has 0 spiro atoms. The summed E-state index contributed by atoms with van der Waals surface area (Å²) >= 11 is 3.59. The van der Waals surface area contributed by atoms with Crippen LogP contribution in [0.25, 0.3) is 22.4 Å². The van der Waals surface area contributed by atoms with Gasteiger partial charge in [0.15, 0.2) is 11.5 Å². The lowest BCUT2D eigenvalue weighted by Gasteiger charge is -2.14. The summed E-state index contributed by atoms with van der Waals surface area (Å²) in [6.45, 7) is 5.28. The Balaban J connectivity index is 2.05. The molecule has 0 saturated carbocycles. The molecule has 0 aliphatic rings. The van der Waals surface area contributed by atoms with Gasteiger partial charge in [0.2, 0.25) is 0 Å². The van der Waals surface area contributed by atoms with E-state index in [1.807, 2.05) is 43.3 Å². The number of rotatable bonds is 6. The number of imidazole rings is 1. The molecule has 0 amide bonds. The molecule has 1 N–H and O–H groups in total.